The molecule has 1 aliphatic rings. The van der Waals surface area contributed by atoms with Gasteiger partial charge in [0.15, 0.2) is 0 Å². The van der Waals surface area contributed by atoms with Crippen molar-refractivity contribution >= 4 is 22.5 Å². The maximum Gasteiger partial charge on any atom is 0.0614 e. The number of rotatable bonds is 0. The van der Waals surface area contributed by atoms with Crippen LogP contribution in [-0.2, 0) is 0 Å². The van der Waals surface area contributed by atoms with E-state index in [0.29, 0.717) is 0 Å². The van der Waals surface area contributed by atoms with Crippen LogP contribution in [0.2, 0.25) is 0 Å². The minimum atomic E-state index is 0.870. The first-order chi connectivity index (χ1) is 7.34. The molecule has 0 aliphatic carbocycles. The predicted octanol–water partition coefficient (Wildman–Crippen LogP) is 2.98. The SMILES string of the molecule is Cc1cc2c3c(cncc3c1)NCC=C2. The average Bonchev–Trinajstić information content (AvgIpc) is 2.42. The van der Waals surface area contributed by atoms with Gasteiger partial charge in [0.2, 0.25) is 0 Å². The van der Waals surface area contributed by atoms with Gasteiger partial charge in [-0.1, -0.05) is 18.2 Å². The average molecular weight is 196 g/mol. The second-order valence-corrected chi connectivity index (χ2v) is 3.92. The quantitative estimate of drug-likeness (QED) is 0.700. The molecule has 2 heterocycles. The lowest BCUT2D eigenvalue weighted by atomic mass is 10.0. The Morgan fingerprint density at radius 2 is 2.20 bits per heavy atom. The summed E-state index contributed by atoms with van der Waals surface area (Å²) in [7, 11) is 0. The van der Waals surface area contributed by atoms with Crippen molar-refractivity contribution in [2.24, 2.45) is 0 Å². The van der Waals surface area contributed by atoms with Crippen molar-refractivity contribution in [2.45, 2.75) is 6.92 Å². The molecule has 1 aliphatic heterocycles. The van der Waals surface area contributed by atoms with Crippen LogP contribution >= 0.6 is 0 Å². The third-order valence-corrected chi connectivity index (χ3v) is 2.74. The van der Waals surface area contributed by atoms with Crippen LogP contribution in [0, 0.1) is 6.92 Å². The van der Waals surface area contributed by atoms with Crippen LogP contribution in [0.3, 0.4) is 0 Å². The van der Waals surface area contributed by atoms with Crippen LogP contribution < -0.4 is 5.32 Å². The molecule has 0 saturated carbocycles. The molecule has 2 heteroatoms. The molecular formula is C13H12N2. The number of hydrogen-bond donors (Lipinski definition) is 1. The minimum absolute atomic E-state index is 0.870. The van der Waals surface area contributed by atoms with E-state index < -0.39 is 0 Å². The van der Waals surface area contributed by atoms with Crippen LogP contribution in [0.15, 0.2) is 30.6 Å². The fourth-order valence-electron chi connectivity index (χ4n) is 2.13. The van der Waals surface area contributed by atoms with Crippen LogP contribution in [-0.4, -0.2) is 11.5 Å². The molecule has 74 valence electrons. The summed E-state index contributed by atoms with van der Waals surface area (Å²) in [6, 6.07) is 4.39. The Bertz CT molecular complexity index is 556. The smallest absolute Gasteiger partial charge is 0.0614 e. The number of nitrogens with one attached hydrogen (secondary N) is 1. The van der Waals surface area contributed by atoms with Crippen molar-refractivity contribution in [3.8, 4) is 0 Å². The minimum Gasteiger partial charge on any atom is -0.380 e. The highest BCUT2D eigenvalue weighted by molar-refractivity contribution is 6.00. The highest BCUT2D eigenvalue weighted by Gasteiger charge is 2.07. The number of pyridine rings is 1. The zero-order valence-electron chi connectivity index (χ0n) is 8.62. The van der Waals surface area contributed by atoms with Crippen LogP contribution in [0.5, 0.6) is 0 Å². The van der Waals surface area contributed by atoms with Crippen molar-refractivity contribution in [1.82, 2.24) is 4.98 Å². The molecule has 0 unspecified atom stereocenters. The van der Waals surface area contributed by atoms with E-state index in [9.17, 15) is 0 Å². The number of hydrogen-bond acceptors (Lipinski definition) is 2. The maximum atomic E-state index is 4.25. The van der Waals surface area contributed by atoms with Gasteiger partial charge in [-0.3, -0.25) is 4.98 Å². The summed E-state index contributed by atoms with van der Waals surface area (Å²) in [6.07, 6.45) is 8.15. The van der Waals surface area contributed by atoms with Gasteiger partial charge in [0, 0.05) is 23.5 Å². The van der Waals surface area contributed by atoms with Gasteiger partial charge < -0.3 is 5.32 Å². The first-order valence-corrected chi connectivity index (χ1v) is 5.13. The molecule has 1 aromatic heterocycles. The lowest BCUT2D eigenvalue weighted by molar-refractivity contribution is 1.30. The lowest BCUT2D eigenvalue weighted by Gasteiger charge is -2.08. The van der Waals surface area contributed by atoms with E-state index in [1.165, 1.54) is 21.9 Å². The largest absolute Gasteiger partial charge is 0.380 e. The number of nitrogens with zero attached hydrogens (tertiary/aromatic N) is 1. The second-order valence-electron chi connectivity index (χ2n) is 3.92. The van der Waals surface area contributed by atoms with Gasteiger partial charge in [0.05, 0.1) is 11.9 Å². The fourth-order valence-corrected chi connectivity index (χ4v) is 2.13. The van der Waals surface area contributed by atoms with Gasteiger partial charge in [0.1, 0.15) is 0 Å². The number of anilines is 1. The van der Waals surface area contributed by atoms with Crippen molar-refractivity contribution < 1.29 is 0 Å². The van der Waals surface area contributed by atoms with Crippen LogP contribution in [0.1, 0.15) is 11.1 Å². The summed E-state index contributed by atoms with van der Waals surface area (Å²) in [5.74, 6) is 0. The normalized spacial score (nSPS) is 13.7. The summed E-state index contributed by atoms with van der Waals surface area (Å²) in [5, 5.41) is 5.85. The molecule has 0 fully saturated rings. The number of aromatic nitrogens is 1. The highest BCUT2D eigenvalue weighted by Crippen LogP contribution is 2.29. The summed E-state index contributed by atoms with van der Waals surface area (Å²) in [6.45, 7) is 2.99. The van der Waals surface area contributed by atoms with Crippen molar-refractivity contribution in [1.29, 1.82) is 0 Å². The molecule has 2 aromatic rings. The van der Waals surface area contributed by atoms with E-state index in [-0.39, 0.29) is 0 Å². The Hall–Kier alpha value is -1.83. The van der Waals surface area contributed by atoms with Crippen molar-refractivity contribution in [3.63, 3.8) is 0 Å². The predicted molar refractivity (Wildman–Crippen MR) is 64.0 cm³/mol. The van der Waals surface area contributed by atoms with Gasteiger partial charge in [0.25, 0.3) is 0 Å². The molecule has 2 nitrogen and oxygen atoms in total. The molecule has 0 spiro atoms. The van der Waals surface area contributed by atoms with E-state index in [0.717, 1.165) is 12.2 Å². The molecule has 3 rings (SSSR count). The first-order valence-electron chi connectivity index (χ1n) is 5.13. The van der Waals surface area contributed by atoms with Crippen LogP contribution in [0.25, 0.3) is 16.8 Å². The third kappa shape index (κ3) is 1.30. The Morgan fingerprint density at radius 3 is 3.13 bits per heavy atom. The second kappa shape index (κ2) is 3.09. The third-order valence-electron chi connectivity index (χ3n) is 2.74. The molecule has 1 N–H and O–H groups in total. The molecule has 0 bridgehead atoms. The van der Waals surface area contributed by atoms with Gasteiger partial charge in [-0.2, -0.15) is 0 Å². The number of benzene rings is 1. The first kappa shape index (κ1) is 8.48. The van der Waals surface area contributed by atoms with Crippen LogP contribution in [0.4, 0.5) is 5.69 Å². The summed E-state index contributed by atoms with van der Waals surface area (Å²) >= 11 is 0. The topological polar surface area (TPSA) is 24.9 Å². The van der Waals surface area contributed by atoms with Gasteiger partial charge in [-0.05, 0) is 24.1 Å². The summed E-state index contributed by atoms with van der Waals surface area (Å²) < 4.78 is 0. The molecule has 0 atom stereocenters. The summed E-state index contributed by atoms with van der Waals surface area (Å²) in [5.41, 5.74) is 3.70. The monoisotopic (exact) mass is 196 g/mol. The fraction of sp³-hybridized carbons (Fsp3) is 0.154. The molecule has 1 aromatic carbocycles. The Balaban J connectivity index is 2.48. The Labute approximate surface area is 88.6 Å². The lowest BCUT2D eigenvalue weighted by Crippen LogP contribution is -1.97. The maximum absolute atomic E-state index is 4.25. The zero-order valence-corrected chi connectivity index (χ0v) is 8.62. The summed E-state index contributed by atoms with van der Waals surface area (Å²) in [4.78, 5) is 4.25. The van der Waals surface area contributed by atoms with E-state index in [1.807, 2.05) is 12.4 Å². The molecule has 15 heavy (non-hydrogen) atoms. The van der Waals surface area contributed by atoms with E-state index in [4.69, 9.17) is 0 Å². The molecule has 0 saturated heterocycles. The Morgan fingerprint density at radius 1 is 1.27 bits per heavy atom. The number of aryl methyl sites for hydroxylation is 1. The van der Waals surface area contributed by atoms with Crippen molar-refractivity contribution in [2.75, 3.05) is 11.9 Å². The van der Waals surface area contributed by atoms with Gasteiger partial charge in [-0.25, -0.2) is 0 Å². The Kier molecular flexibility index (Phi) is 1.75. The molecular weight excluding hydrogens is 184 g/mol. The standard InChI is InChI=1S/C13H12N2/c1-9-5-10-3-2-4-15-12-8-14-7-11(6-9)13(10)12/h2-3,5-8,15H,4H2,1H3. The zero-order chi connectivity index (χ0) is 10.3. The molecule has 0 amide bonds. The van der Waals surface area contributed by atoms with Crippen molar-refractivity contribution in [3.05, 3.63) is 41.7 Å². The highest BCUT2D eigenvalue weighted by atomic mass is 14.9. The van der Waals surface area contributed by atoms with Gasteiger partial charge in [-0.15, -0.1) is 0 Å². The van der Waals surface area contributed by atoms with E-state index in [1.54, 1.807) is 0 Å². The molecule has 0 radical (unpaired) electrons. The van der Waals surface area contributed by atoms with E-state index >= 15 is 0 Å². The van der Waals surface area contributed by atoms with Gasteiger partial charge >= 0.3 is 0 Å². The van der Waals surface area contributed by atoms with E-state index in [2.05, 4.69) is 41.5 Å².